The zero-order chi connectivity index (χ0) is 17.4. The Kier molecular flexibility index (Phi) is 7.50. The normalized spacial score (nSPS) is 14.8. The fourth-order valence-electron chi connectivity index (χ4n) is 3.25. The summed E-state index contributed by atoms with van der Waals surface area (Å²) in [6, 6.07) is 4.80. The molecular weight excluding hydrogens is 305 g/mol. The van der Waals surface area contributed by atoms with Gasteiger partial charge >= 0.3 is 6.03 Å². The lowest BCUT2D eigenvalue weighted by Crippen LogP contribution is -2.41. The molecule has 5 heteroatoms. The van der Waals surface area contributed by atoms with Gasteiger partial charge in [0.2, 0.25) is 0 Å². The Morgan fingerprint density at radius 2 is 2.08 bits per heavy atom. The second-order valence-corrected chi connectivity index (χ2v) is 6.53. The first-order valence-electron chi connectivity index (χ1n) is 9.10. The summed E-state index contributed by atoms with van der Waals surface area (Å²) in [7, 11) is 0. The molecule has 1 fully saturated rings. The van der Waals surface area contributed by atoms with Gasteiger partial charge in [-0.3, -0.25) is 0 Å². The van der Waals surface area contributed by atoms with Gasteiger partial charge in [-0.2, -0.15) is 0 Å². The Morgan fingerprint density at radius 3 is 2.75 bits per heavy atom. The average molecular weight is 335 g/mol. The van der Waals surface area contributed by atoms with Crippen LogP contribution < -0.4 is 5.32 Å². The van der Waals surface area contributed by atoms with Gasteiger partial charge in [-0.1, -0.05) is 6.07 Å². The number of nitrogens with zero attached hydrogens (tertiary/aromatic N) is 2. The number of carbonyl (C=O) groups excluding carboxylic acids is 1. The number of carbonyl (C=O) groups is 1. The molecule has 2 rings (SSSR count). The average Bonchev–Trinajstić information content (AvgIpc) is 3.07. The van der Waals surface area contributed by atoms with E-state index in [4.69, 9.17) is 0 Å². The van der Waals surface area contributed by atoms with E-state index in [1.165, 1.54) is 38.1 Å². The third kappa shape index (κ3) is 5.78. The first kappa shape index (κ1) is 18.7. The third-order valence-electron chi connectivity index (χ3n) is 4.75. The lowest BCUT2D eigenvalue weighted by Gasteiger charge is -2.23. The van der Waals surface area contributed by atoms with E-state index >= 15 is 0 Å². The number of hydrogen-bond acceptors (Lipinski definition) is 2. The summed E-state index contributed by atoms with van der Waals surface area (Å²) in [6.07, 6.45) is 4.36. The molecule has 134 valence electrons. The van der Waals surface area contributed by atoms with Crippen molar-refractivity contribution in [3.05, 3.63) is 35.1 Å². The number of urea groups is 1. The number of nitrogens with one attached hydrogen (secondary N) is 1. The van der Waals surface area contributed by atoms with E-state index in [0.29, 0.717) is 6.54 Å². The Morgan fingerprint density at radius 1 is 1.33 bits per heavy atom. The molecule has 0 aliphatic carbocycles. The van der Waals surface area contributed by atoms with Gasteiger partial charge in [0.25, 0.3) is 0 Å². The van der Waals surface area contributed by atoms with Crippen LogP contribution in [0.15, 0.2) is 18.2 Å². The van der Waals surface area contributed by atoms with Crippen molar-refractivity contribution >= 4 is 6.03 Å². The molecule has 0 radical (unpaired) electrons. The largest absolute Gasteiger partial charge is 0.338 e. The highest BCUT2D eigenvalue weighted by molar-refractivity contribution is 5.74. The zero-order valence-electron chi connectivity index (χ0n) is 15.0. The van der Waals surface area contributed by atoms with E-state index in [-0.39, 0.29) is 11.8 Å². The standard InChI is InChI=1S/C19H30FN3O/c1-3-23(14-6-13-22-11-4-5-12-22)19(24)21-10-9-17-7-8-18(20)15-16(17)2/h7-8,15H,3-6,9-14H2,1-2H3,(H,21,24). The van der Waals surface area contributed by atoms with Crippen molar-refractivity contribution in [3.63, 3.8) is 0 Å². The number of benzene rings is 1. The molecule has 1 N–H and O–H groups in total. The quantitative estimate of drug-likeness (QED) is 0.792. The minimum absolute atomic E-state index is 0.00122. The van der Waals surface area contributed by atoms with Crippen molar-refractivity contribution in [3.8, 4) is 0 Å². The maximum atomic E-state index is 13.1. The summed E-state index contributed by atoms with van der Waals surface area (Å²) in [5, 5.41) is 2.98. The first-order chi connectivity index (χ1) is 11.6. The summed E-state index contributed by atoms with van der Waals surface area (Å²) in [5.41, 5.74) is 2.01. The minimum Gasteiger partial charge on any atom is -0.338 e. The fraction of sp³-hybridized carbons (Fsp3) is 0.632. The predicted octanol–water partition coefficient (Wildman–Crippen LogP) is 3.19. The molecule has 0 aromatic heterocycles. The van der Waals surface area contributed by atoms with Crippen LogP contribution in [0.3, 0.4) is 0 Å². The number of aryl methyl sites for hydroxylation is 1. The van der Waals surface area contributed by atoms with E-state index in [9.17, 15) is 9.18 Å². The van der Waals surface area contributed by atoms with Gasteiger partial charge in [0, 0.05) is 19.6 Å². The maximum absolute atomic E-state index is 13.1. The number of halogens is 1. The Hall–Kier alpha value is -1.62. The number of amides is 2. The molecule has 1 aliphatic heterocycles. The topological polar surface area (TPSA) is 35.6 Å². The monoisotopic (exact) mass is 335 g/mol. The van der Waals surface area contributed by atoms with E-state index in [2.05, 4.69) is 10.2 Å². The Labute approximate surface area is 145 Å². The second kappa shape index (κ2) is 9.62. The molecule has 0 bridgehead atoms. The smallest absolute Gasteiger partial charge is 0.317 e. The lowest BCUT2D eigenvalue weighted by atomic mass is 10.1. The molecule has 1 aliphatic rings. The van der Waals surface area contributed by atoms with E-state index < -0.39 is 0 Å². The van der Waals surface area contributed by atoms with Crippen molar-refractivity contribution in [1.29, 1.82) is 0 Å². The lowest BCUT2D eigenvalue weighted by molar-refractivity contribution is 0.196. The van der Waals surface area contributed by atoms with Crippen LogP contribution in [0.1, 0.15) is 37.3 Å². The molecule has 1 heterocycles. The van der Waals surface area contributed by atoms with Crippen LogP contribution in [0.5, 0.6) is 0 Å². The predicted molar refractivity (Wildman–Crippen MR) is 95.8 cm³/mol. The Balaban J connectivity index is 1.68. The van der Waals surface area contributed by atoms with E-state index in [0.717, 1.165) is 43.6 Å². The zero-order valence-corrected chi connectivity index (χ0v) is 15.0. The molecule has 2 amide bonds. The van der Waals surface area contributed by atoms with Crippen LogP contribution in [-0.4, -0.2) is 55.1 Å². The van der Waals surface area contributed by atoms with Crippen molar-refractivity contribution in [1.82, 2.24) is 15.1 Å². The van der Waals surface area contributed by atoms with Gasteiger partial charge in [-0.25, -0.2) is 9.18 Å². The molecule has 0 saturated carbocycles. The number of hydrogen-bond donors (Lipinski definition) is 1. The molecule has 4 nitrogen and oxygen atoms in total. The van der Waals surface area contributed by atoms with Gasteiger partial charge in [-0.15, -0.1) is 0 Å². The second-order valence-electron chi connectivity index (χ2n) is 6.53. The van der Waals surface area contributed by atoms with Crippen LogP contribution in [-0.2, 0) is 6.42 Å². The molecular formula is C19H30FN3O. The third-order valence-corrected chi connectivity index (χ3v) is 4.75. The maximum Gasteiger partial charge on any atom is 0.317 e. The summed E-state index contributed by atoms with van der Waals surface area (Å²) in [4.78, 5) is 16.6. The highest BCUT2D eigenvalue weighted by atomic mass is 19.1. The SMILES string of the molecule is CCN(CCCN1CCCC1)C(=O)NCCc1ccc(F)cc1C. The molecule has 1 saturated heterocycles. The fourth-order valence-corrected chi connectivity index (χ4v) is 3.25. The van der Waals surface area contributed by atoms with Gasteiger partial charge < -0.3 is 15.1 Å². The van der Waals surface area contributed by atoms with Crippen molar-refractivity contribution in [2.24, 2.45) is 0 Å². The van der Waals surface area contributed by atoms with Crippen molar-refractivity contribution in [2.75, 3.05) is 39.3 Å². The molecule has 0 unspecified atom stereocenters. The van der Waals surface area contributed by atoms with Gasteiger partial charge in [0.15, 0.2) is 0 Å². The van der Waals surface area contributed by atoms with Gasteiger partial charge in [-0.05, 0) is 82.4 Å². The van der Waals surface area contributed by atoms with Gasteiger partial charge in [0.1, 0.15) is 5.82 Å². The van der Waals surface area contributed by atoms with Crippen LogP contribution in [0.4, 0.5) is 9.18 Å². The van der Waals surface area contributed by atoms with Crippen molar-refractivity contribution in [2.45, 2.75) is 39.5 Å². The van der Waals surface area contributed by atoms with Crippen LogP contribution in [0.2, 0.25) is 0 Å². The highest BCUT2D eigenvalue weighted by Gasteiger charge is 2.14. The Bertz CT molecular complexity index is 529. The summed E-state index contributed by atoms with van der Waals surface area (Å²) in [5.74, 6) is -0.213. The van der Waals surface area contributed by atoms with E-state index in [1.807, 2.05) is 18.7 Å². The molecule has 1 aromatic rings. The molecule has 0 spiro atoms. The molecule has 1 aromatic carbocycles. The molecule has 0 atom stereocenters. The van der Waals surface area contributed by atoms with Gasteiger partial charge in [0.05, 0.1) is 0 Å². The summed E-state index contributed by atoms with van der Waals surface area (Å²) < 4.78 is 13.1. The summed E-state index contributed by atoms with van der Waals surface area (Å²) >= 11 is 0. The first-order valence-corrected chi connectivity index (χ1v) is 9.10. The van der Waals surface area contributed by atoms with Crippen LogP contribution in [0, 0.1) is 12.7 Å². The molecule has 24 heavy (non-hydrogen) atoms. The van der Waals surface area contributed by atoms with Crippen LogP contribution in [0.25, 0.3) is 0 Å². The number of rotatable bonds is 8. The number of likely N-dealkylation sites (tertiary alicyclic amines) is 1. The van der Waals surface area contributed by atoms with Crippen molar-refractivity contribution < 1.29 is 9.18 Å². The highest BCUT2D eigenvalue weighted by Crippen LogP contribution is 2.10. The summed E-state index contributed by atoms with van der Waals surface area (Å²) in [6.45, 7) is 9.50. The minimum atomic E-state index is -0.213. The van der Waals surface area contributed by atoms with Crippen LogP contribution >= 0.6 is 0 Å². The van der Waals surface area contributed by atoms with E-state index in [1.54, 1.807) is 6.07 Å².